The average molecular weight is 221 g/mol. The first-order chi connectivity index (χ1) is 7.11. The molecule has 3 heteroatoms. The van der Waals surface area contributed by atoms with Crippen LogP contribution in [-0.2, 0) is 0 Å². The molecular formula is C12H13ClN2. The summed E-state index contributed by atoms with van der Waals surface area (Å²) >= 11 is 6.04. The molecule has 0 saturated carbocycles. The Bertz CT molecular complexity index is 521. The Morgan fingerprint density at radius 3 is 2.60 bits per heavy atom. The lowest BCUT2D eigenvalue weighted by molar-refractivity contribution is 1.24. The molecule has 0 aliphatic rings. The lowest BCUT2D eigenvalue weighted by atomic mass is 10.1. The monoisotopic (exact) mass is 220 g/mol. The van der Waals surface area contributed by atoms with Gasteiger partial charge in [-0.3, -0.25) is 4.98 Å². The van der Waals surface area contributed by atoms with Gasteiger partial charge in [0.05, 0.1) is 5.52 Å². The molecule has 1 heterocycles. The van der Waals surface area contributed by atoms with Gasteiger partial charge >= 0.3 is 0 Å². The molecule has 1 aromatic carbocycles. The van der Waals surface area contributed by atoms with Crippen LogP contribution in [0.15, 0.2) is 18.2 Å². The number of hydrogen-bond acceptors (Lipinski definition) is 2. The molecule has 0 radical (unpaired) electrons. The molecule has 2 rings (SSSR count). The highest BCUT2D eigenvalue weighted by molar-refractivity contribution is 6.31. The van der Waals surface area contributed by atoms with E-state index in [9.17, 15) is 0 Å². The summed E-state index contributed by atoms with van der Waals surface area (Å²) in [5.41, 5.74) is 4.21. The molecule has 0 unspecified atom stereocenters. The van der Waals surface area contributed by atoms with E-state index in [4.69, 9.17) is 11.6 Å². The van der Waals surface area contributed by atoms with Gasteiger partial charge in [-0.1, -0.05) is 11.6 Å². The van der Waals surface area contributed by atoms with Crippen molar-refractivity contribution < 1.29 is 0 Å². The Morgan fingerprint density at radius 1 is 1.20 bits per heavy atom. The first kappa shape index (κ1) is 10.2. The smallest absolute Gasteiger partial charge is 0.0756 e. The first-order valence-corrected chi connectivity index (χ1v) is 5.25. The second-order valence-electron chi connectivity index (χ2n) is 3.68. The van der Waals surface area contributed by atoms with Gasteiger partial charge in [0.2, 0.25) is 0 Å². The number of aryl methyl sites for hydroxylation is 2. The third-order valence-electron chi connectivity index (χ3n) is 2.47. The molecule has 0 saturated heterocycles. The number of benzene rings is 1. The highest BCUT2D eigenvalue weighted by Gasteiger charge is 2.06. The van der Waals surface area contributed by atoms with Gasteiger partial charge in [0.15, 0.2) is 0 Å². The molecule has 2 aromatic rings. The molecule has 0 bridgehead atoms. The van der Waals surface area contributed by atoms with Crippen LogP contribution in [0.1, 0.15) is 11.3 Å². The number of rotatable bonds is 1. The first-order valence-electron chi connectivity index (χ1n) is 4.87. The van der Waals surface area contributed by atoms with Crippen LogP contribution >= 0.6 is 11.6 Å². The summed E-state index contributed by atoms with van der Waals surface area (Å²) in [6.45, 7) is 4.02. The minimum Gasteiger partial charge on any atom is -0.388 e. The molecule has 0 aliphatic heterocycles. The van der Waals surface area contributed by atoms with Crippen LogP contribution in [0.25, 0.3) is 10.9 Å². The van der Waals surface area contributed by atoms with Gasteiger partial charge in [-0.25, -0.2) is 0 Å². The molecule has 1 aromatic heterocycles. The number of fused-ring (bicyclic) bond motifs is 1. The zero-order valence-electron chi connectivity index (χ0n) is 9.06. The van der Waals surface area contributed by atoms with Gasteiger partial charge < -0.3 is 5.32 Å². The van der Waals surface area contributed by atoms with Gasteiger partial charge in [-0.15, -0.1) is 0 Å². The van der Waals surface area contributed by atoms with Gasteiger partial charge in [0.1, 0.15) is 0 Å². The molecule has 78 valence electrons. The quantitative estimate of drug-likeness (QED) is 0.795. The minimum absolute atomic E-state index is 0.752. The number of hydrogen-bond donors (Lipinski definition) is 1. The van der Waals surface area contributed by atoms with Crippen molar-refractivity contribution in [2.75, 3.05) is 12.4 Å². The van der Waals surface area contributed by atoms with Crippen LogP contribution < -0.4 is 5.32 Å². The fourth-order valence-electron chi connectivity index (χ4n) is 1.79. The third-order valence-corrected chi connectivity index (χ3v) is 2.68. The lowest BCUT2D eigenvalue weighted by Gasteiger charge is -2.09. The Labute approximate surface area is 94.3 Å². The molecule has 0 amide bonds. The number of nitrogens with one attached hydrogen (secondary N) is 1. The van der Waals surface area contributed by atoms with E-state index in [1.807, 2.05) is 39.1 Å². The molecule has 0 atom stereocenters. The summed E-state index contributed by atoms with van der Waals surface area (Å²) in [5, 5.41) is 5.00. The Hall–Kier alpha value is -1.28. The number of aromatic nitrogens is 1. The Balaban J connectivity index is 2.89. The summed E-state index contributed by atoms with van der Waals surface area (Å²) < 4.78 is 0. The van der Waals surface area contributed by atoms with E-state index in [2.05, 4.69) is 10.3 Å². The second kappa shape index (κ2) is 3.70. The molecule has 1 N–H and O–H groups in total. The summed E-state index contributed by atoms with van der Waals surface area (Å²) in [5.74, 6) is 0. The van der Waals surface area contributed by atoms with E-state index in [-0.39, 0.29) is 0 Å². The summed E-state index contributed by atoms with van der Waals surface area (Å²) in [6.07, 6.45) is 0. The zero-order chi connectivity index (χ0) is 11.0. The topological polar surface area (TPSA) is 24.9 Å². The summed E-state index contributed by atoms with van der Waals surface area (Å²) in [4.78, 5) is 4.53. The van der Waals surface area contributed by atoms with Crippen molar-refractivity contribution in [2.24, 2.45) is 0 Å². The van der Waals surface area contributed by atoms with Gasteiger partial charge in [0.25, 0.3) is 0 Å². The fraction of sp³-hybridized carbons (Fsp3) is 0.250. The fourth-order valence-corrected chi connectivity index (χ4v) is 2.06. The highest BCUT2D eigenvalue weighted by atomic mass is 35.5. The van der Waals surface area contributed by atoms with Gasteiger partial charge in [-0.05, 0) is 37.6 Å². The van der Waals surface area contributed by atoms with Crippen molar-refractivity contribution in [1.29, 1.82) is 0 Å². The van der Waals surface area contributed by atoms with Crippen LogP contribution in [0.5, 0.6) is 0 Å². The second-order valence-corrected chi connectivity index (χ2v) is 4.12. The van der Waals surface area contributed by atoms with Crippen molar-refractivity contribution in [3.05, 3.63) is 34.5 Å². The number of halogens is 1. The van der Waals surface area contributed by atoms with Crippen LogP contribution in [0.4, 0.5) is 5.69 Å². The van der Waals surface area contributed by atoms with Crippen molar-refractivity contribution in [1.82, 2.24) is 4.98 Å². The molecular weight excluding hydrogens is 208 g/mol. The van der Waals surface area contributed by atoms with Crippen LogP contribution in [0, 0.1) is 13.8 Å². The number of pyridine rings is 1. The highest BCUT2D eigenvalue weighted by Crippen LogP contribution is 2.28. The van der Waals surface area contributed by atoms with E-state index >= 15 is 0 Å². The van der Waals surface area contributed by atoms with Crippen molar-refractivity contribution >= 4 is 28.2 Å². The average Bonchev–Trinajstić information content (AvgIpc) is 2.18. The van der Waals surface area contributed by atoms with Gasteiger partial charge in [-0.2, -0.15) is 0 Å². The SMILES string of the molecule is CNc1cc(C)nc2c(C)cc(Cl)cc12. The largest absolute Gasteiger partial charge is 0.388 e. The maximum absolute atomic E-state index is 6.04. The molecule has 15 heavy (non-hydrogen) atoms. The molecule has 0 spiro atoms. The van der Waals surface area contributed by atoms with Crippen LogP contribution in [0.2, 0.25) is 5.02 Å². The standard InChI is InChI=1S/C12H13ClN2/c1-7-4-9(13)6-10-11(14-3)5-8(2)15-12(7)10/h4-6H,1-3H3,(H,14,15). The van der Waals surface area contributed by atoms with E-state index in [0.717, 1.165) is 32.9 Å². The minimum atomic E-state index is 0.752. The van der Waals surface area contributed by atoms with E-state index in [1.165, 1.54) is 0 Å². The van der Waals surface area contributed by atoms with Crippen LogP contribution in [0.3, 0.4) is 0 Å². The summed E-state index contributed by atoms with van der Waals surface area (Å²) in [7, 11) is 1.91. The number of anilines is 1. The lowest BCUT2D eigenvalue weighted by Crippen LogP contribution is -1.95. The Morgan fingerprint density at radius 2 is 1.93 bits per heavy atom. The predicted molar refractivity (Wildman–Crippen MR) is 65.8 cm³/mol. The number of nitrogens with zero attached hydrogens (tertiary/aromatic N) is 1. The van der Waals surface area contributed by atoms with Crippen molar-refractivity contribution in [3.63, 3.8) is 0 Å². The van der Waals surface area contributed by atoms with E-state index in [0.29, 0.717) is 0 Å². The summed E-state index contributed by atoms with van der Waals surface area (Å²) in [6, 6.07) is 5.91. The predicted octanol–water partition coefficient (Wildman–Crippen LogP) is 3.55. The normalized spacial score (nSPS) is 10.7. The third kappa shape index (κ3) is 1.77. The van der Waals surface area contributed by atoms with Gasteiger partial charge in [0, 0.05) is 28.8 Å². The zero-order valence-corrected chi connectivity index (χ0v) is 9.81. The molecule has 0 fully saturated rings. The van der Waals surface area contributed by atoms with Crippen LogP contribution in [-0.4, -0.2) is 12.0 Å². The van der Waals surface area contributed by atoms with Crippen molar-refractivity contribution in [3.8, 4) is 0 Å². The van der Waals surface area contributed by atoms with E-state index in [1.54, 1.807) is 0 Å². The molecule has 0 aliphatic carbocycles. The maximum atomic E-state index is 6.04. The van der Waals surface area contributed by atoms with E-state index < -0.39 is 0 Å². The van der Waals surface area contributed by atoms with Crippen molar-refractivity contribution in [2.45, 2.75) is 13.8 Å². The molecule has 2 nitrogen and oxygen atoms in total. The Kier molecular flexibility index (Phi) is 2.53. The maximum Gasteiger partial charge on any atom is 0.0756 e.